The summed E-state index contributed by atoms with van der Waals surface area (Å²) in [7, 11) is 0. The van der Waals surface area contributed by atoms with Gasteiger partial charge in [-0.2, -0.15) is 0 Å². The van der Waals surface area contributed by atoms with E-state index in [9.17, 15) is 0 Å². The fourth-order valence-electron chi connectivity index (χ4n) is 1.67. The van der Waals surface area contributed by atoms with Crippen LogP contribution in [0.1, 0.15) is 37.0 Å². The van der Waals surface area contributed by atoms with Gasteiger partial charge in [0.15, 0.2) is 0 Å². The molecule has 0 aromatic heterocycles. The molecule has 84 valence electrons. The Morgan fingerprint density at radius 2 is 1.87 bits per heavy atom. The summed E-state index contributed by atoms with van der Waals surface area (Å²) < 4.78 is 0. The minimum atomic E-state index is 0.239. The van der Waals surface area contributed by atoms with Crippen LogP contribution in [0.15, 0.2) is 18.2 Å². The van der Waals surface area contributed by atoms with Crippen molar-refractivity contribution in [1.29, 1.82) is 0 Å². The van der Waals surface area contributed by atoms with Crippen molar-refractivity contribution in [2.24, 2.45) is 5.41 Å². The maximum Gasteiger partial charge on any atom is 0.0280 e. The zero-order valence-electron chi connectivity index (χ0n) is 10.2. The summed E-state index contributed by atoms with van der Waals surface area (Å²) in [6, 6.07) is 6.72. The molecule has 0 radical (unpaired) electrons. The molecule has 0 aliphatic heterocycles. The number of aryl methyl sites for hydroxylation is 2. The van der Waals surface area contributed by atoms with Crippen LogP contribution in [-0.2, 0) is 6.42 Å². The molecule has 1 aromatic carbocycles. The first-order valence-electron chi connectivity index (χ1n) is 5.63. The van der Waals surface area contributed by atoms with Crippen molar-refractivity contribution in [3.8, 4) is 0 Å². The zero-order valence-corrected chi connectivity index (χ0v) is 11.0. The van der Waals surface area contributed by atoms with Crippen molar-refractivity contribution in [2.45, 2.75) is 40.5 Å². The SMILES string of the molecule is CCC(C)(CCl)Cc1ccc(C)c(C)c1. The Morgan fingerprint density at radius 1 is 1.20 bits per heavy atom. The number of benzene rings is 1. The number of hydrogen-bond acceptors (Lipinski definition) is 0. The first-order chi connectivity index (χ1) is 7.00. The van der Waals surface area contributed by atoms with Crippen molar-refractivity contribution in [2.75, 3.05) is 5.88 Å². The Labute approximate surface area is 98.7 Å². The van der Waals surface area contributed by atoms with Gasteiger partial charge in [0.2, 0.25) is 0 Å². The quantitative estimate of drug-likeness (QED) is 0.661. The lowest BCUT2D eigenvalue weighted by molar-refractivity contribution is 0.355. The third-order valence-corrected chi connectivity index (χ3v) is 4.02. The van der Waals surface area contributed by atoms with Crippen molar-refractivity contribution in [3.63, 3.8) is 0 Å². The molecule has 0 N–H and O–H groups in total. The van der Waals surface area contributed by atoms with Gasteiger partial charge in [-0.3, -0.25) is 0 Å². The van der Waals surface area contributed by atoms with E-state index in [1.54, 1.807) is 0 Å². The number of rotatable bonds is 4. The third kappa shape index (κ3) is 3.24. The van der Waals surface area contributed by atoms with Crippen LogP contribution in [0.3, 0.4) is 0 Å². The Morgan fingerprint density at radius 3 is 2.33 bits per heavy atom. The molecule has 0 saturated heterocycles. The van der Waals surface area contributed by atoms with Crippen LogP contribution in [-0.4, -0.2) is 5.88 Å². The van der Waals surface area contributed by atoms with Crippen LogP contribution < -0.4 is 0 Å². The number of halogens is 1. The highest BCUT2D eigenvalue weighted by Gasteiger charge is 2.21. The molecule has 1 atom stereocenters. The second-order valence-corrected chi connectivity index (χ2v) is 5.16. The lowest BCUT2D eigenvalue weighted by atomic mass is 9.82. The van der Waals surface area contributed by atoms with Gasteiger partial charge in [0.1, 0.15) is 0 Å². The molecule has 0 fully saturated rings. The van der Waals surface area contributed by atoms with E-state index in [0.717, 1.165) is 18.7 Å². The fraction of sp³-hybridized carbons (Fsp3) is 0.571. The molecule has 1 heteroatoms. The molecular formula is C14H21Cl. The summed E-state index contributed by atoms with van der Waals surface area (Å²) in [5, 5.41) is 0. The highest BCUT2D eigenvalue weighted by atomic mass is 35.5. The predicted molar refractivity (Wildman–Crippen MR) is 68.7 cm³/mol. The van der Waals surface area contributed by atoms with E-state index < -0.39 is 0 Å². The third-order valence-electron chi connectivity index (χ3n) is 3.38. The smallest absolute Gasteiger partial charge is 0.0280 e. The van der Waals surface area contributed by atoms with E-state index in [1.165, 1.54) is 16.7 Å². The van der Waals surface area contributed by atoms with Crippen molar-refractivity contribution < 1.29 is 0 Å². The molecule has 0 aliphatic rings. The van der Waals surface area contributed by atoms with Gasteiger partial charge >= 0.3 is 0 Å². The summed E-state index contributed by atoms with van der Waals surface area (Å²) in [6.45, 7) is 8.79. The Hall–Kier alpha value is -0.490. The van der Waals surface area contributed by atoms with Gasteiger partial charge in [-0.05, 0) is 48.8 Å². The van der Waals surface area contributed by atoms with Gasteiger partial charge in [-0.25, -0.2) is 0 Å². The second-order valence-electron chi connectivity index (χ2n) is 4.89. The standard InChI is InChI=1S/C14H21Cl/c1-5-14(4,10-15)9-13-7-6-11(2)12(3)8-13/h6-8H,5,9-10H2,1-4H3. The van der Waals surface area contributed by atoms with E-state index in [0.29, 0.717) is 0 Å². The highest BCUT2D eigenvalue weighted by molar-refractivity contribution is 6.18. The van der Waals surface area contributed by atoms with E-state index in [1.807, 2.05) is 0 Å². The maximum absolute atomic E-state index is 6.03. The molecule has 1 aromatic rings. The number of alkyl halides is 1. The Kier molecular flexibility index (Phi) is 4.21. The van der Waals surface area contributed by atoms with Gasteiger partial charge in [0, 0.05) is 5.88 Å². The molecule has 0 heterocycles. The molecule has 1 rings (SSSR count). The Balaban J connectivity index is 2.85. The van der Waals surface area contributed by atoms with E-state index in [-0.39, 0.29) is 5.41 Å². The monoisotopic (exact) mass is 224 g/mol. The minimum Gasteiger partial charge on any atom is -0.126 e. The summed E-state index contributed by atoms with van der Waals surface area (Å²) in [4.78, 5) is 0. The largest absolute Gasteiger partial charge is 0.126 e. The van der Waals surface area contributed by atoms with Crippen LogP contribution in [0.2, 0.25) is 0 Å². The minimum absolute atomic E-state index is 0.239. The van der Waals surface area contributed by atoms with Crippen LogP contribution in [0.25, 0.3) is 0 Å². The topological polar surface area (TPSA) is 0 Å². The van der Waals surface area contributed by atoms with Crippen LogP contribution >= 0.6 is 11.6 Å². The number of hydrogen-bond donors (Lipinski definition) is 0. The van der Waals surface area contributed by atoms with Gasteiger partial charge in [0.05, 0.1) is 0 Å². The highest BCUT2D eigenvalue weighted by Crippen LogP contribution is 2.28. The average molecular weight is 225 g/mol. The van der Waals surface area contributed by atoms with Crippen LogP contribution in [0, 0.1) is 19.3 Å². The molecular weight excluding hydrogens is 204 g/mol. The predicted octanol–water partition coefficient (Wildman–Crippen LogP) is 4.50. The fourth-order valence-corrected chi connectivity index (χ4v) is 1.96. The lowest BCUT2D eigenvalue weighted by Crippen LogP contribution is -2.20. The molecule has 15 heavy (non-hydrogen) atoms. The van der Waals surface area contributed by atoms with Crippen LogP contribution in [0.4, 0.5) is 0 Å². The second kappa shape index (κ2) is 5.03. The molecule has 1 unspecified atom stereocenters. The normalized spacial score (nSPS) is 15.0. The summed E-state index contributed by atoms with van der Waals surface area (Å²) in [6.07, 6.45) is 2.21. The van der Waals surface area contributed by atoms with Gasteiger partial charge in [-0.15, -0.1) is 11.6 Å². The zero-order chi connectivity index (χ0) is 11.5. The molecule has 0 nitrogen and oxygen atoms in total. The van der Waals surface area contributed by atoms with E-state index >= 15 is 0 Å². The molecule has 0 saturated carbocycles. The van der Waals surface area contributed by atoms with E-state index in [4.69, 9.17) is 11.6 Å². The first kappa shape index (κ1) is 12.6. The Bertz CT molecular complexity index is 324. The first-order valence-corrected chi connectivity index (χ1v) is 6.16. The van der Waals surface area contributed by atoms with Crippen molar-refractivity contribution in [3.05, 3.63) is 34.9 Å². The average Bonchev–Trinajstić information content (AvgIpc) is 2.23. The molecule has 0 bridgehead atoms. The summed E-state index contributed by atoms with van der Waals surface area (Å²) in [5.41, 5.74) is 4.38. The lowest BCUT2D eigenvalue weighted by Gasteiger charge is -2.25. The van der Waals surface area contributed by atoms with E-state index in [2.05, 4.69) is 45.9 Å². The maximum atomic E-state index is 6.03. The van der Waals surface area contributed by atoms with Gasteiger partial charge < -0.3 is 0 Å². The summed E-state index contributed by atoms with van der Waals surface area (Å²) >= 11 is 6.03. The van der Waals surface area contributed by atoms with Crippen molar-refractivity contribution >= 4 is 11.6 Å². The molecule has 0 amide bonds. The summed E-state index contributed by atoms with van der Waals surface area (Å²) in [5.74, 6) is 0.733. The van der Waals surface area contributed by atoms with Gasteiger partial charge in [0.25, 0.3) is 0 Å². The van der Waals surface area contributed by atoms with Crippen LogP contribution in [0.5, 0.6) is 0 Å². The molecule has 0 aliphatic carbocycles. The van der Waals surface area contributed by atoms with Gasteiger partial charge in [-0.1, -0.05) is 32.0 Å². The van der Waals surface area contributed by atoms with Crippen molar-refractivity contribution in [1.82, 2.24) is 0 Å². The molecule has 0 spiro atoms.